The van der Waals surface area contributed by atoms with E-state index in [-0.39, 0.29) is 0 Å². The Balaban J connectivity index is 1.47. The number of rotatable bonds is 7. The number of ether oxygens (including phenoxy) is 1. The van der Waals surface area contributed by atoms with Gasteiger partial charge in [-0.25, -0.2) is 0 Å². The Bertz CT molecular complexity index is 278. The van der Waals surface area contributed by atoms with Crippen LogP contribution in [0.25, 0.3) is 0 Å². The van der Waals surface area contributed by atoms with Gasteiger partial charge in [0, 0.05) is 32.3 Å². The van der Waals surface area contributed by atoms with E-state index in [0.29, 0.717) is 11.5 Å². The Labute approximate surface area is 118 Å². The highest BCUT2D eigenvalue weighted by Gasteiger charge is 2.36. The van der Waals surface area contributed by atoms with Crippen LogP contribution in [0, 0.1) is 5.41 Å². The fourth-order valence-corrected chi connectivity index (χ4v) is 3.94. The van der Waals surface area contributed by atoms with Crippen molar-refractivity contribution in [3.63, 3.8) is 0 Å². The fourth-order valence-electron chi connectivity index (χ4n) is 3.94. The second kappa shape index (κ2) is 6.11. The monoisotopic (exact) mass is 266 g/mol. The molecule has 2 saturated carbocycles. The van der Waals surface area contributed by atoms with Crippen molar-refractivity contribution in [3.05, 3.63) is 0 Å². The van der Waals surface area contributed by atoms with Gasteiger partial charge in [-0.3, -0.25) is 0 Å². The molecule has 1 unspecified atom stereocenters. The molecule has 0 aromatic rings. The molecule has 0 spiro atoms. The number of hydrogen-bond donors (Lipinski definition) is 1. The van der Waals surface area contributed by atoms with Crippen LogP contribution in [-0.4, -0.2) is 50.3 Å². The molecule has 0 bridgehead atoms. The molecule has 3 nitrogen and oxygen atoms in total. The molecule has 1 aliphatic heterocycles. The summed E-state index contributed by atoms with van der Waals surface area (Å²) >= 11 is 0. The number of likely N-dealkylation sites (N-methyl/N-ethyl adjacent to an activating group) is 1. The highest BCUT2D eigenvalue weighted by atomic mass is 16.5. The molecule has 0 aromatic heterocycles. The first-order valence-electron chi connectivity index (χ1n) is 8.29. The van der Waals surface area contributed by atoms with Gasteiger partial charge in [0.2, 0.25) is 0 Å². The molecular weight excluding hydrogens is 236 g/mol. The third-order valence-electron chi connectivity index (χ3n) is 5.15. The summed E-state index contributed by atoms with van der Waals surface area (Å²) in [6.45, 7) is 4.61. The maximum Gasteiger partial charge on any atom is 0.0702 e. The Morgan fingerprint density at radius 1 is 1.16 bits per heavy atom. The van der Waals surface area contributed by atoms with E-state index < -0.39 is 0 Å². The normalized spacial score (nSPS) is 30.3. The van der Waals surface area contributed by atoms with E-state index in [2.05, 4.69) is 17.3 Å². The van der Waals surface area contributed by atoms with Crippen molar-refractivity contribution in [1.29, 1.82) is 0 Å². The maximum atomic E-state index is 5.77. The van der Waals surface area contributed by atoms with E-state index in [9.17, 15) is 0 Å². The summed E-state index contributed by atoms with van der Waals surface area (Å²) in [5.41, 5.74) is 0.552. The Kier molecular flexibility index (Phi) is 4.45. The summed E-state index contributed by atoms with van der Waals surface area (Å²) in [6, 6.07) is 0.848. The molecule has 1 heterocycles. The van der Waals surface area contributed by atoms with E-state index in [1.165, 1.54) is 64.5 Å². The lowest BCUT2D eigenvalue weighted by atomic mass is 9.85. The zero-order chi connectivity index (χ0) is 13.1. The largest absolute Gasteiger partial charge is 0.377 e. The van der Waals surface area contributed by atoms with Crippen LogP contribution in [0.15, 0.2) is 0 Å². The lowest BCUT2D eigenvalue weighted by Gasteiger charge is -2.35. The Morgan fingerprint density at radius 3 is 2.58 bits per heavy atom. The predicted octanol–water partition coefficient (Wildman–Crippen LogP) is 2.41. The summed E-state index contributed by atoms with van der Waals surface area (Å²) in [4.78, 5) is 2.54. The molecule has 3 fully saturated rings. The fraction of sp³-hybridized carbons (Fsp3) is 1.00. The van der Waals surface area contributed by atoms with E-state index in [0.717, 1.165) is 19.2 Å². The van der Waals surface area contributed by atoms with Crippen LogP contribution in [0.4, 0.5) is 0 Å². The highest BCUT2D eigenvalue weighted by Crippen LogP contribution is 2.39. The van der Waals surface area contributed by atoms with Crippen molar-refractivity contribution >= 4 is 0 Å². The van der Waals surface area contributed by atoms with Gasteiger partial charge in [-0.05, 0) is 51.0 Å². The van der Waals surface area contributed by atoms with Crippen LogP contribution in [0.5, 0.6) is 0 Å². The van der Waals surface area contributed by atoms with Crippen LogP contribution in [0.1, 0.15) is 51.4 Å². The second-order valence-electron chi connectivity index (χ2n) is 7.19. The van der Waals surface area contributed by atoms with Crippen molar-refractivity contribution in [1.82, 2.24) is 10.2 Å². The lowest BCUT2D eigenvalue weighted by molar-refractivity contribution is 0.0649. The minimum absolute atomic E-state index is 0.500. The van der Waals surface area contributed by atoms with E-state index in [4.69, 9.17) is 4.74 Å². The van der Waals surface area contributed by atoms with Crippen molar-refractivity contribution in [3.8, 4) is 0 Å². The maximum absolute atomic E-state index is 5.77. The first-order valence-corrected chi connectivity index (χ1v) is 8.29. The van der Waals surface area contributed by atoms with E-state index >= 15 is 0 Å². The van der Waals surface area contributed by atoms with Gasteiger partial charge in [0.15, 0.2) is 0 Å². The van der Waals surface area contributed by atoms with E-state index in [1.54, 1.807) is 0 Å². The average molecular weight is 266 g/mol. The zero-order valence-corrected chi connectivity index (χ0v) is 12.5. The van der Waals surface area contributed by atoms with Gasteiger partial charge in [-0.2, -0.15) is 0 Å². The standard InChI is InChI=1S/C16H30N2O/c1-18(11-15-5-4-10-19-15)13-16(8-2-3-9-16)12-17-14-6-7-14/h14-15,17H,2-13H2,1H3. The first-order chi connectivity index (χ1) is 9.26. The van der Waals surface area contributed by atoms with Gasteiger partial charge < -0.3 is 15.0 Å². The molecule has 0 aromatic carbocycles. The second-order valence-corrected chi connectivity index (χ2v) is 7.19. The summed E-state index contributed by atoms with van der Waals surface area (Å²) < 4.78 is 5.77. The van der Waals surface area contributed by atoms with Crippen LogP contribution < -0.4 is 5.32 Å². The number of nitrogens with zero attached hydrogens (tertiary/aromatic N) is 1. The summed E-state index contributed by atoms with van der Waals surface area (Å²) in [7, 11) is 2.29. The van der Waals surface area contributed by atoms with E-state index in [1.807, 2.05) is 0 Å². The van der Waals surface area contributed by atoms with Gasteiger partial charge in [0.1, 0.15) is 0 Å². The Morgan fingerprint density at radius 2 is 1.95 bits per heavy atom. The molecule has 1 N–H and O–H groups in total. The van der Waals surface area contributed by atoms with Crippen molar-refractivity contribution in [2.24, 2.45) is 5.41 Å². The smallest absolute Gasteiger partial charge is 0.0702 e. The summed E-state index contributed by atoms with van der Waals surface area (Å²) in [6.07, 6.45) is 11.5. The summed E-state index contributed by atoms with van der Waals surface area (Å²) in [5.74, 6) is 0. The molecule has 110 valence electrons. The molecule has 3 rings (SSSR count). The first kappa shape index (κ1) is 13.8. The number of hydrogen-bond acceptors (Lipinski definition) is 3. The summed E-state index contributed by atoms with van der Waals surface area (Å²) in [5, 5.41) is 3.78. The van der Waals surface area contributed by atoms with Gasteiger partial charge in [-0.1, -0.05) is 12.8 Å². The van der Waals surface area contributed by atoms with Crippen LogP contribution in [0.2, 0.25) is 0 Å². The molecule has 19 heavy (non-hydrogen) atoms. The molecule has 2 aliphatic carbocycles. The third-order valence-corrected chi connectivity index (χ3v) is 5.15. The molecule has 0 radical (unpaired) electrons. The van der Waals surface area contributed by atoms with Crippen LogP contribution in [0.3, 0.4) is 0 Å². The predicted molar refractivity (Wildman–Crippen MR) is 78.4 cm³/mol. The van der Waals surface area contributed by atoms with Gasteiger partial charge >= 0.3 is 0 Å². The zero-order valence-electron chi connectivity index (χ0n) is 12.5. The molecule has 3 heteroatoms. The highest BCUT2D eigenvalue weighted by molar-refractivity contribution is 4.92. The van der Waals surface area contributed by atoms with Gasteiger partial charge in [0.05, 0.1) is 6.10 Å². The van der Waals surface area contributed by atoms with Gasteiger partial charge in [0.25, 0.3) is 0 Å². The van der Waals surface area contributed by atoms with Crippen LogP contribution >= 0.6 is 0 Å². The average Bonchev–Trinajstić information content (AvgIpc) is 2.87. The van der Waals surface area contributed by atoms with Crippen molar-refractivity contribution in [2.75, 3.05) is 33.3 Å². The Hall–Kier alpha value is -0.120. The van der Waals surface area contributed by atoms with Crippen molar-refractivity contribution < 1.29 is 4.74 Å². The molecule has 1 atom stereocenters. The molecular formula is C16H30N2O. The van der Waals surface area contributed by atoms with Crippen molar-refractivity contribution in [2.45, 2.75) is 63.5 Å². The minimum atomic E-state index is 0.500. The number of nitrogens with one attached hydrogen (secondary N) is 1. The molecule has 0 amide bonds. The topological polar surface area (TPSA) is 24.5 Å². The minimum Gasteiger partial charge on any atom is -0.377 e. The van der Waals surface area contributed by atoms with Gasteiger partial charge in [-0.15, -0.1) is 0 Å². The SMILES string of the molecule is CN(CC1CCCO1)CC1(CNC2CC2)CCCC1. The van der Waals surface area contributed by atoms with Crippen LogP contribution in [-0.2, 0) is 4.74 Å². The molecule has 1 saturated heterocycles. The third kappa shape index (κ3) is 3.93. The quantitative estimate of drug-likeness (QED) is 0.766. The lowest BCUT2D eigenvalue weighted by Crippen LogP contribution is -2.43. The molecule has 3 aliphatic rings.